The van der Waals surface area contributed by atoms with Crippen LogP contribution in [-0.2, 0) is 0 Å². The van der Waals surface area contributed by atoms with Gasteiger partial charge in [0, 0.05) is 37.3 Å². The number of carbonyl (C=O) groups excluding carboxylic acids is 2. The van der Waals surface area contributed by atoms with Crippen LogP contribution in [0.5, 0.6) is 0 Å². The Balaban J connectivity index is 1.45. The molecule has 0 N–H and O–H groups in total. The summed E-state index contributed by atoms with van der Waals surface area (Å²) in [6.45, 7) is 2.01. The summed E-state index contributed by atoms with van der Waals surface area (Å²) >= 11 is 0. The second-order valence-corrected chi connectivity index (χ2v) is 6.48. The maximum atomic E-state index is 13.1. The summed E-state index contributed by atoms with van der Waals surface area (Å²) in [6.07, 6.45) is 2.03. The highest BCUT2D eigenvalue weighted by atomic mass is 19.1. The average molecular weight is 367 g/mol. The van der Waals surface area contributed by atoms with Crippen LogP contribution in [0.1, 0.15) is 27.1 Å². The number of benzene rings is 2. The standard InChI is InChI=1S/C20H18FN3O3/c21-16-5-2-14(3-6-16)19(25)23-8-1-9-24(11-10-23)20(26)15-4-7-17-18(12-15)27-13-22-17/h2-7,12-13H,1,8-11H2. The largest absolute Gasteiger partial charge is 0.443 e. The lowest BCUT2D eigenvalue weighted by Gasteiger charge is -2.22. The summed E-state index contributed by atoms with van der Waals surface area (Å²) in [5.41, 5.74) is 2.27. The van der Waals surface area contributed by atoms with Crippen molar-refractivity contribution >= 4 is 22.9 Å². The van der Waals surface area contributed by atoms with Crippen LogP contribution in [-0.4, -0.2) is 52.8 Å². The monoisotopic (exact) mass is 367 g/mol. The second kappa shape index (κ2) is 7.19. The van der Waals surface area contributed by atoms with Gasteiger partial charge in [0.15, 0.2) is 12.0 Å². The third-order valence-electron chi connectivity index (χ3n) is 4.74. The number of aromatic nitrogens is 1. The zero-order valence-electron chi connectivity index (χ0n) is 14.6. The molecule has 3 aromatic rings. The fourth-order valence-corrected chi connectivity index (χ4v) is 3.27. The molecule has 27 heavy (non-hydrogen) atoms. The van der Waals surface area contributed by atoms with Crippen molar-refractivity contribution < 1.29 is 18.4 Å². The highest BCUT2D eigenvalue weighted by Crippen LogP contribution is 2.17. The molecule has 0 aliphatic carbocycles. The van der Waals surface area contributed by atoms with Crippen molar-refractivity contribution in [2.24, 2.45) is 0 Å². The predicted molar refractivity (Wildman–Crippen MR) is 96.8 cm³/mol. The molecule has 2 aromatic carbocycles. The molecule has 138 valence electrons. The number of nitrogens with zero attached hydrogens (tertiary/aromatic N) is 3. The van der Waals surface area contributed by atoms with E-state index in [1.54, 1.807) is 28.0 Å². The van der Waals surface area contributed by atoms with E-state index < -0.39 is 0 Å². The van der Waals surface area contributed by atoms with Crippen molar-refractivity contribution in [2.75, 3.05) is 26.2 Å². The maximum absolute atomic E-state index is 13.1. The Morgan fingerprint density at radius 1 is 0.889 bits per heavy atom. The summed E-state index contributed by atoms with van der Waals surface area (Å²) in [5.74, 6) is -0.611. The van der Waals surface area contributed by atoms with Gasteiger partial charge in [-0.15, -0.1) is 0 Å². The third-order valence-corrected chi connectivity index (χ3v) is 4.74. The van der Waals surface area contributed by atoms with Gasteiger partial charge in [-0.2, -0.15) is 0 Å². The van der Waals surface area contributed by atoms with Crippen LogP contribution in [0, 0.1) is 5.82 Å². The Morgan fingerprint density at radius 2 is 1.52 bits per heavy atom. The summed E-state index contributed by atoms with van der Waals surface area (Å²) in [7, 11) is 0. The minimum Gasteiger partial charge on any atom is -0.443 e. The Morgan fingerprint density at radius 3 is 2.22 bits per heavy atom. The molecule has 0 unspecified atom stereocenters. The van der Waals surface area contributed by atoms with Crippen LogP contribution >= 0.6 is 0 Å². The van der Waals surface area contributed by atoms with Gasteiger partial charge in [-0.05, 0) is 48.9 Å². The van der Waals surface area contributed by atoms with E-state index in [9.17, 15) is 14.0 Å². The van der Waals surface area contributed by atoms with Gasteiger partial charge in [-0.1, -0.05) is 0 Å². The fraction of sp³-hybridized carbons (Fsp3) is 0.250. The number of rotatable bonds is 2. The zero-order valence-corrected chi connectivity index (χ0v) is 14.6. The molecular formula is C20H18FN3O3. The molecule has 0 atom stereocenters. The molecule has 1 fully saturated rings. The van der Waals surface area contributed by atoms with Crippen LogP contribution in [0.25, 0.3) is 11.1 Å². The van der Waals surface area contributed by atoms with Gasteiger partial charge in [-0.25, -0.2) is 9.37 Å². The Hall–Kier alpha value is -3.22. The molecule has 1 aromatic heterocycles. The Bertz CT molecular complexity index is 984. The molecule has 1 saturated heterocycles. The van der Waals surface area contributed by atoms with E-state index in [0.717, 1.165) is 0 Å². The van der Waals surface area contributed by atoms with E-state index in [1.807, 2.05) is 0 Å². The Labute approximate surface area is 155 Å². The fourth-order valence-electron chi connectivity index (χ4n) is 3.27. The minimum absolute atomic E-state index is 0.0932. The van der Waals surface area contributed by atoms with E-state index in [4.69, 9.17) is 4.42 Å². The van der Waals surface area contributed by atoms with E-state index in [1.165, 1.54) is 30.7 Å². The molecule has 7 heteroatoms. The molecule has 0 saturated carbocycles. The third kappa shape index (κ3) is 3.53. The van der Waals surface area contributed by atoms with Crippen molar-refractivity contribution in [1.82, 2.24) is 14.8 Å². The quantitative estimate of drug-likeness (QED) is 0.698. The minimum atomic E-state index is -0.372. The molecule has 6 nitrogen and oxygen atoms in total. The van der Waals surface area contributed by atoms with Crippen LogP contribution in [0.15, 0.2) is 53.3 Å². The topological polar surface area (TPSA) is 66.7 Å². The normalized spacial score (nSPS) is 15.0. The van der Waals surface area contributed by atoms with Gasteiger partial charge < -0.3 is 14.2 Å². The summed E-state index contributed by atoms with van der Waals surface area (Å²) in [6, 6.07) is 10.7. The van der Waals surface area contributed by atoms with Gasteiger partial charge in [0.2, 0.25) is 0 Å². The van der Waals surface area contributed by atoms with Gasteiger partial charge in [0.05, 0.1) is 0 Å². The summed E-state index contributed by atoms with van der Waals surface area (Å²) in [5, 5.41) is 0. The molecular weight excluding hydrogens is 349 g/mol. The second-order valence-electron chi connectivity index (χ2n) is 6.48. The molecule has 0 bridgehead atoms. The Kier molecular flexibility index (Phi) is 4.58. The molecule has 0 spiro atoms. The highest BCUT2D eigenvalue weighted by molar-refractivity contribution is 5.97. The SMILES string of the molecule is O=C(c1ccc(F)cc1)N1CCCN(C(=O)c2ccc3ncoc3c2)CC1. The number of carbonyl (C=O) groups is 2. The first-order valence-corrected chi connectivity index (χ1v) is 8.79. The lowest BCUT2D eigenvalue weighted by Crippen LogP contribution is -2.37. The van der Waals surface area contributed by atoms with Crippen LogP contribution < -0.4 is 0 Å². The first kappa shape index (κ1) is 17.2. The van der Waals surface area contributed by atoms with Crippen molar-refractivity contribution in [2.45, 2.75) is 6.42 Å². The van der Waals surface area contributed by atoms with Crippen LogP contribution in [0.4, 0.5) is 4.39 Å². The molecule has 4 rings (SSSR count). The summed E-state index contributed by atoms with van der Waals surface area (Å²) in [4.78, 5) is 32.9. The van der Waals surface area contributed by atoms with Crippen molar-refractivity contribution in [3.63, 3.8) is 0 Å². The number of hydrogen-bond acceptors (Lipinski definition) is 4. The predicted octanol–water partition coefficient (Wildman–Crippen LogP) is 2.96. The number of halogens is 1. The zero-order chi connectivity index (χ0) is 18.8. The van der Waals surface area contributed by atoms with Gasteiger partial charge in [0.1, 0.15) is 11.3 Å². The van der Waals surface area contributed by atoms with E-state index in [0.29, 0.717) is 54.8 Å². The number of hydrogen-bond donors (Lipinski definition) is 0. The van der Waals surface area contributed by atoms with Crippen molar-refractivity contribution in [3.05, 3.63) is 65.8 Å². The van der Waals surface area contributed by atoms with E-state index >= 15 is 0 Å². The van der Waals surface area contributed by atoms with Crippen LogP contribution in [0.2, 0.25) is 0 Å². The number of amides is 2. The van der Waals surface area contributed by atoms with Gasteiger partial charge in [0.25, 0.3) is 11.8 Å². The van der Waals surface area contributed by atoms with Crippen molar-refractivity contribution in [1.29, 1.82) is 0 Å². The highest BCUT2D eigenvalue weighted by Gasteiger charge is 2.24. The van der Waals surface area contributed by atoms with E-state index in [2.05, 4.69) is 4.98 Å². The molecule has 2 heterocycles. The first-order valence-electron chi connectivity index (χ1n) is 8.79. The first-order chi connectivity index (χ1) is 13.1. The van der Waals surface area contributed by atoms with Gasteiger partial charge >= 0.3 is 0 Å². The van der Waals surface area contributed by atoms with Crippen molar-refractivity contribution in [3.8, 4) is 0 Å². The smallest absolute Gasteiger partial charge is 0.254 e. The summed E-state index contributed by atoms with van der Waals surface area (Å²) < 4.78 is 18.3. The number of oxazole rings is 1. The molecule has 1 aliphatic rings. The maximum Gasteiger partial charge on any atom is 0.254 e. The number of fused-ring (bicyclic) bond motifs is 1. The molecule has 1 aliphatic heterocycles. The molecule has 2 amide bonds. The van der Waals surface area contributed by atoms with Crippen LogP contribution in [0.3, 0.4) is 0 Å². The lowest BCUT2D eigenvalue weighted by atomic mass is 10.1. The van der Waals surface area contributed by atoms with Gasteiger partial charge in [-0.3, -0.25) is 9.59 Å². The molecule has 0 radical (unpaired) electrons. The lowest BCUT2D eigenvalue weighted by molar-refractivity contribution is 0.0719. The van der Waals surface area contributed by atoms with E-state index in [-0.39, 0.29) is 17.6 Å². The average Bonchev–Trinajstić information content (AvgIpc) is 3.02.